The van der Waals surface area contributed by atoms with Gasteiger partial charge in [-0.3, -0.25) is 0 Å². The molecule has 0 saturated heterocycles. The van der Waals surface area contributed by atoms with Gasteiger partial charge in [-0.15, -0.1) is 11.8 Å². The number of benzene rings is 1. The number of fused-ring (bicyclic) bond motifs is 1. The van der Waals surface area contributed by atoms with Gasteiger partial charge < -0.3 is 5.32 Å². The van der Waals surface area contributed by atoms with Gasteiger partial charge in [-0.2, -0.15) is 0 Å². The monoisotopic (exact) mass is 263 g/mol. The molecule has 2 rings (SSSR count). The largest absolute Gasteiger partial charge is 0.313 e. The van der Waals surface area contributed by atoms with Crippen LogP contribution in [0.15, 0.2) is 23.1 Å². The van der Waals surface area contributed by atoms with E-state index in [1.54, 1.807) is 11.1 Å². The summed E-state index contributed by atoms with van der Waals surface area (Å²) in [6.45, 7) is 7.87. The molecule has 1 aliphatic carbocycles. The van der Waals surface area contributed by atoms with Crippen LogP contribution in [-0.4, -0.2) is 17.8 Å². The van der Waals surface area contributed by atoms with Crippen molar-refractivity contribution in [1.82, 2.24) is 5.32 Å². The van der Waals surface area contributed by atoms with Crippen molar-refractivity contribution in [3.05, 3.63) is 29.3 Å². The first-order valence-corrected chi connectivity index (χ1v) is 8.14. The van der Waals surface area contributed by atoms with Gasteiger partial charge >= 0.3 is 0 Å². The van der Waals surface area contributed by atoms with Gasteiger partial charge in [0.1, 0.15) is 0 Å². The molecular weight excluding hydrogens is 238 g/mol. The molecule has 1 aliphatic rings. The third-order valence-electron chi connectivity index (χ3n) is 3.86. The van der Waals surface area contributed by atoms with E-state index < -0.39 is 0 Å². The summed E-state index contributed by atoms with van der Waals surface area (Å²) in [6.07, 6.45) is 5.11. The van der Waals surface area contributed by atoms with Crippen molar-refractivity contribution in [2.45, 2.75) is 62.6 Å². The number of rotatable bonds is 6. The Morgan fingerprint density at radius 3 is 2.72 bits per heavy atom. The highest BCUT2D eigenvalue weighted by molar-refractivity contribution is 8.00. The minimum Gasteiger partial charge on any atom is -0.313 e. The maximum Gasteiger partial charge on any atom is 0.0220 e. The number of nitrogens with one attached hydrogen (secondary N) is 1. The number of thioether (sulfide) groups is 1. The summed E-state index contributed by atoms with van der Waals surface area (Å²) in [5.41, 5.74) is 3.16. The van der Waals surface area contributed by atoms with Crippen LogP contribution in [0, 0.1) is 0 Å². The van der Waals surface area contributed by atoms with Crippen LogP contribution in [0.3, 0.4) is 0 Å². The molecule has 100 valence electrons. The number of hydrogen-bond donors (Lipinski definition) is 1. The van der Waals surface area contributed by atoms with E-state index in [9.17, 15) is 0 Å². The lowest BCUT2D eigenvalue weighted by atomic mass is 10.1. The van der Waals surface area contributed by atoms with Crippen LogP contribution in [0.2, 0.25) is 0 Å². The zero-order valence-electron chi connectivity index (χ0n) is 11.8. The number of aryl methyl sites for hydroxylation is 2. The molecule has 18 heavy (non-hydrogen) atoms. The molecule has 0 saturated carbocycles. The summed E-state index contributed by atoms with van der Waals surface area (Å²) in [6, 6.07) is 7.69. The summed E-state index contributed by atoms with van der Waals surface area (Å²) in [5.74, 6) is 0. The molecule has 0 bridgehead atoms. The lowest BCUT2D eigenvalue weighted by molar-refractivity contribution is 0.509. The molecule has 1 aromatic rings. The van der Waals surface area contributed by atoms with Crippen LogP contribution in [0.5, 0.6) is 0 Å². The summed E-state index contributed by atoms with van der Waals surface area (Å²) in [7, 11) is 0. The van der Waals surface area contributed by atoms with E-state index in [0.29, 0.717) is 11.3 Å². The maximum absolute atomic E-state index is 3.58. The van der Waals surface area contributed by atoms with Gasteiger partial charge in [0.15, 0.2) is 0 Å². The first kappa shape index (κ1) is 14.0. The fourth-order valence-corrected chi connectivity index (χ4v) is 4.06. The van der Waals surface area contributed by atoms with Gasteiger partial charge in [0.2, 0.25) is 0 Å². The van der Waals surface area contributed by atoms with Gasteiger partial charge in [-0.1, -0.05) is 26.8 Å². The Kier molecular flexibility index (Phi) is 5.13. The molecule has 1 N–H and O–H groups in total. The second-order valence-electron chi connectivity index (χ2n) is 5.18. The van der Waals surface area contributed by atoms with Crippen LogP contribution < -0.4 is 5.32 Å². The smallest absolute Gasteiger partial charge is 0.0220 e. The molecule has 1 nitrogen and oxygen atoms in total. The lowest BCUT2D eigenvalue weighted by Crippen LogP contribution is -2.35. The number of hydrogen-bond acceptors (Lipinski definition) is 2. The molecule has 0 radical (unpaired) electrons. The van der Waals surface area contributed by atoms with E-state index in [-0.39, 0.29) is 0 Å². The SMILES string of the molecule is CCNC(CC)C(C)Sc1ccc2c(c1)CCC2. The third kappa shape index (κ3) is 3.30. The van der Waals surface area contributed by atoms with Crippen LogP contribution >= 0.6 is 11.8 Å². The predicted molar refractivity (Wildman–Crippen MR) is 81.5 cm³/mol. The van der Waals surface area contributed by atoms with E-state index in [1.807, 2.05) is 11.8 Å². The van der Waals surface area contributed by atoms with E-state index in [2.05, 4.69) is 44.3 Å². The van der Waals surface area contributed by atoms with Gasteiger partial charge in [0.05, 0.1) is 0 Å². The fourth-order valence-electron chi connectivity index (χ4n) is 2.82. The van der Waals surface area contributed by atoms with E-state index in [0.717, 1.165) is 6.54 Å². The van der Waals surface area contributed by atoms with Crippen molar-refractivity contribution in [3.63, 3.8) is 0 Å². The molecular formula is C16H25NS. The van der Waals surface area contributed by atoms with Crippen molar-refractivity contribution < 1.29 is 0 Å². The van der Waals surface area contributed by atoms with Crippen molar-refractivity contribution in [2.24, 2.45) is 0 Å². The van der Waals surface area contributed by atoms with Crippen LogP contribution in [-0.2, 0) is 12.8 Å². The Balaban J connectivity index is 2.00. The standard InChI is InChI=1S/C16H25NS/c1-4-16(17-5-2)12(3)18-15-10-9-13-7-6-8-14(13)11-15/h9-12,16-17H,4-8H2,1-3H3. The summed E-state index contributed by atoms with van der Waals surface area (Å²) in [5, 5.41) is 4.22. The van der Waals surface area contributed by atoms with Crippen molar-refractivity contribution in [3.8, 4) is 0 Å². The van der Waals surface area contributed by atoms with Crippen LogP contribution in [0.4, 0.5) is 0 Å². The van der Waals surface area contributed by atoms with Gasteiger partial charge in [-0.25, -0.2) is 0 Å². The first-order valence-electron chi connectivity index (χ1n) is 7.26. The molecule has 2 heteroatoms. The molecule has 0 amide bonds. The second kappa shape index (κ2) is 6.63. The molecule has 0 heterocycles. The molecule has 0 aromatic heterocycles. The fraction of sp³-hybridized carbons (Fsp3) is 0.625. The Morgan fingerprint density at radius 1 is 1.22 bits per heavy atom. The third-order valence-corrected chi connectivity index (χ3v) is 5.09. The van der Waals surface area contributed by atoms with E-state index in [1.165, 1.54) is 30.6 Å². The zero-order valence-corrected chi connectivity index (χ0v) is 12.6. The maximum atomic E-state index is 3.58. The highest BCUT2D eigenvalue weighted by Crippen LogP contribution is 2.31. The summed E-state index contributed by atoms with van der Waals surface area (Å²) < 4.78 is 0. The zero-order chi connectivity index (χ0) is 13.0. The molecule has 0 spiro atoms. The molecule has 2 atom stereocenters. The second-order valence-corrected chi connectivity index (χ2v) is 6.63. The Morgan fingerprint density at radius 2 is 2.00 bits per heavy atom. The van der Waals surface area contributed by atoms with Crippen LogP contribution in [0.1, 0.15) is 44.7 Å². The lowest BCUT2D eigenvalue weighted by Gasteiger charge is -2.23. The summed E-state index contributed by atoms with van der Waals surface area (Å²) in [4.78, 5) is 1.44. The molecule has 1 aromatic carbocycles. The topological polar surface area (TPSA) is 12.0 Å². The average molecular weight is 263 g/mol. The van der Waals surface area contributed by atoms with Gasteiger partial charge in [0, 0.05) is 16.2 Å². The van der Waals surface area contributed by atoms with Gasteiger partial charge in [0.25, 0.3) is 0 Å². The van der Waals surface area contributed by atoms with Crippen molar-refractivity contribution in [1.29, 1.82) is 0 Å². The highest BCUT2D eigenvalue weighted by atomic mass is 32.2. The predicted octanol–water partition coefficient (Wildman–Crippen LogP) is 4.04. The average Bonchev–Trinajstić information content (AvgIpc) is 2.83. The van der Waals surface area contributed by atoms with Crippen molar-refractivity contribution in [2.75, 3.05) is 6.54 Å². The quantitative estimate of drug-likeness (QED) is 0.777. The summed E-state index contributed by atoms with van der Waals surface area (Å²) >= 11 is 2.02. The molecule has 0 aliphatic heterocycles. The highest BCUT2D eigenvalue weighted by Gasteiger charge is 2.17. The minimum atomic E-state index is 0.619. The van der Waals surface area contributed by atoms with E-state index in [4.69, 9.17) is 0 Å². The van der Waals surface area contributed by atoms with E-state index >= 15 is 0 Å². The molecule has 0 fully saturated rings. The first-order chi connectivity index (χ1) is 8.74. The van der Waals surface area contributed by atoms with Crippen molar-refractivity contribution >= 4 is 11.8 Å². The Labute approximate surface area is 116 Å². The minimum absolute atomic E-state index is 0.619. The Hall–Kier alpha value is -0.470. The Bertz CT molecular complexity index is 389. The normalized spacial score (nSPS) is 17.5. The van der Waals surface area contributed by atoms with Gasteiger partial charge in [-0.05, 0) is 55.5 Å². The van der Waals surface area contributed by atoms with Crippen LogP contribution in [0.25, 0.3) is 0 Å². The molecule has 2 unspecified atom stereocenters.